The average Bonchev–Trinajstić information content (AvgIpc) is 3.00. The van der Waals surface area contributed by atoms with E-state index in [1.165, 1.54) is 50.8 Å². The number of hydrogen-bond donors (Lipinski definition) is 1. The molecule has 1 fully saturated rings. The van der Waals surface area contributed by atoms with Crippen LogP contribution < -0.4 is 4.90 Å². The molecule has 1 saturated heterocycles. The Kier molecular flexibility index (Phi) is 5.70. The zero-order valence-electron chi connectivity index (χ0n) is 15.6. The highest BCUT2D eigenvalue weighted by molar-refractivity contribution is 7.99. The molecular formula is C20H28N5S+. The third kappa shape index (κ3) is 3.71. The first-order valence-corrected chi connectivity index (χ1v) is 10.9. The molecule has 1 aromatic carbocycles. The summed E-state index contributed by atoms with van der Waals surface area (Å²) in [5, 5.41) is 10.9. The lowest BCUT2D eigenvalue weighted by Crippen LogP contribution is -3.13. The summed E-state index contributed by atoms with van der Waals surface area (Å²) in [4.78, 5) is 6.62. The summed E-state index contributed by atoms with van der Waals surface area (Å²) in [5.41, 5.74) is 3.14. The van der Waals surface area contributed by atoms with Crippen molar-refractivity contribution in [3.8, 4) is 0 Å². The van der Waals surface area contributed by atoms with Gasteiger partial charge in [0.25, 0.3) is 0 Å². The highest BCUT2D eigenvalue weighted by Crippen LogP contribution is 2.27. The topological polar surface area (TPSA) is 48.0 Å². The molecule has 4 rings (SSSR count). The van der Waals surface area contributed by atoms with Crippen LogP contribution in [0, 0.1) is 0 Å². The van der Waals surface area contributed by atoms with E-state index in [1.807, 2.05) is 0 Å². The van der Waals surface area contributed by atoms with Gasteiger partial charge in [-0.1, -0.05) is 43.3 Å². The Morgan fingerprint density at radius 3 is 2.81 bits per heavy atom. The zero-order chi connectivity index (χ0) is 17.8. The molecule has 26 heavy (non-hydrogen) atoms. The van der Waals surface area contributed by atoms with E-state index in [1.54, 1.807) is 16.7 Å². The lowest BCUT2D eigenvalue weighted by atomic mass is 10.1. The van der Waals surface area contributed by atoms with Gasteiger partial charge >= 0.3 is 0 Å². The van der Waals surface area contributed by atoms with Gasteiger partial charge in [-0.25, -0.2) is 4.98 Å². The smallest absolute Gasteiger partial charge is 0.211 e. The SMILES string of the molecule is CCCCn1c2ccccc2c2nnc(SCC[NH+]3CCCCC3)nc21. The largest absolute Gasteiger partial charge is 0.334 e. The number of quaternary nitrogens is 1. The minimum atomic E-state index is 0.814. The molecule has 3 aromatic rings. The second-order valence-corrected chi connectivity index (χ2v) is 8.26. The number of thioether (sulfide) groups is 1. The number of aromatic nitrogens is 4. The van der Waals surface area contributed by atoms with Crippen LogP contribution in [0.1, 0.15) is 39.0 Å². The van der Waals surface area contributed by atoms with Gasteiger partial charge in [0.05, 0.1) is 30.9 Å². The van der Waals surface area contributed by atoms with Gasteiger partial charge in [-0.05, 0) is 31.7 Å². The van der Waals surface area contributed by atoms with Gasteiger partial charge in [-0.15, -0.1) is 10.2 Å². The summed E-state index contributed by atoms with van der Waals surface area (Å²) in [6.07, 6.45) is 6.48. The van der Waals surface area contributed by atoms with Crippen LogP contribution in [-0.2, 0) is 6.54 Å². The molecule has 0 spiro atoms. The van der Waals surface area contributed by atoms with Crippen molar-refractivity contribution < 1.29 is 4.90 Å². The Hall–Kier alpha value is -1.66. The van der Waals surface area contributed by atoms with Crippen LogP contribution >= 0.6 is 11.8 Å². The summed E-state index contributed by atoms with van der Waals surface area (Å²) in [7, 11) is 0. The maximum atomic E-state index is 4.89. The predicted octanol–water partition coefficient (Wildman–Crippen LogP) is 2.94. The summed E-state index contributed by atoms with van der Waals surface area (Å²) in [5.74, 6) is 1.07. The molecule has 6 heteroatoms. The molecule has 0 saturated carbocycles. The lowest BCUT2D eigenvalue weighted by molar-refractivity contribution is -0.902. The van der Waals surface area contributed by atoms with Crippen LogP contribution in [0.5, 0.6) is 0 Å². The molecule has 1 N–H and O–H groups in total. The highest BCUT2D eigenvalue weighted by Gasteiger charge is 2.16. The number of para-hydroxylation sites is 1. The highest BCUT2D eigenvalue weighted by atomic mass is 32.2. The number of hydrogen-bond acceptors (Lipinski definition) is 4. The van der Waals surface area contributed by atoms with Crippen molar-refractivity contribution in [1.82, 2.24) is 19.7 Å². The molecule has 0 bridgehead atoms. The second kappa shape index (κ2) is 8.35. The van der Waals surface area contributed by atoms with E-state index in [4.69, 9.17) is 4.98 Å². The summed E-state index contributed by atoms with van der Waals surface area (Å²) in [6.45, 7) is 7.06. The van der Waals surface area contributed by atoms with Crippen molar-refractivity contribution in [3.05, 3.63) is 24.3 Å². The first-order chi connectivity index (χ1) is 12.9. The minimum Gasteiger partial charge on any atom is -0.334 e. The predicted molar refractivity (Wildman–Crippen MR) is 108 cm³/mol. The normalized spacial score (nSPS) is 15.9. The van der Waals surface area contributed by atoms with Gasteiger partial charge in [0.15, 0.2) is 5.65 Å². The van der Waals surface area contributed by atoms with E-state index in [0.717, 1.165) is 40.4 Å². The number of rotatable bonds is 7. The Labute approximate surface area is 159 Å². The zero-order valence-corrected chi connectivity index (χ0v) is 16.4. The molecule has 0 radical (unpaired) electrons. The Balaban J connectivity index is 1.56. The first-order valence-electron chi connectivity index (χ1n) is 9.95. The van der Waals surface area contributed by atoms with Crippen LogP contribution in [0.2, 0.25) is 0 Å². The first kappa shape index (κ1) is 17.7. The maximum Gasteiger partial charge on any atom is 0.211 e. The fourth-order valence-corrected chi connectivity index (χ4v) is 4.70. The van der Waals surface area contributed by atoms with Crippen LogP contribution in [0.15, 0.2) is 29.4 Å². The summed E-state index contributed by atoms with van der Waals surface area (Å²) in [6, 6.07) is 8.45. The molecule has 138 valence electrons. The van der Waals surface area contributed by atoms with E-state index in [2.05, 4.69) is 46.0 Å². The maximum absolute atomic E-state index is 4.89. The van der Waals surface area contributed by atoms with Crippen LogP contribution in [0.25, 0.3) is 22.1 Å². The van der Waals surface area contributed by atoms with Gasteiger partial charge in [0, 0.05) is 11.9 Å². The molecule has 0 unspecified atom stereocenters. The van der Waals surface area contributed by atoms with E-state index in [9.17, 15) is 0 Å². The monoisotopic (exact) mass is 370 g/mol. The van der Waals surface area contributed by atoms with Crippen molar-refractivity contribution >= 4 is 33.8 Å². The van der Waals surface area contributed by atoms with E-state index < -0.39 is 0 Å². The number of likely N-dealkylation sites (tertiary alicyclic amines) is 1. The molecule has 2 aromatic heterocycles. The molecule has 1 aliphatic heterocycles. The number of piperidine rings is 1. The number of nitrogens with one attached hydrogen (secondary N) is 1. The lowest BCUT2D eigenvalue weighted by Gasteiger charge is -2.22. The van der Waals surface area contributed by atoms with Gasteiger partial charge < -0.3 is 9.47 Å². The molecule has 1 aliphatic rings. The van der Waals surface area contributed by atoms with E-state index >= 15 is 0 Å². The van der Waals surface area contributed by atoms with Crippen molar-refractivity contribution in [3.63, 3.8) is 0 Å². The van der Waals surface area contributed by atoms with E-state index in [0.29, 0.717) is 0 Å². The van der Waals surface area contributed by atoms with Crippen LogP contribution in [0.3, 0.4) is 0 Å². The van der Waals surface area contributed by atoms with Gasteiger partial charge in [-0.2, -0.15) is 0 Å². The number of nitrogens with zero attached hydrogens (tertiary/aromatic N) is 4. The standard InChI is InChI=1S/C20H27N5S/c1-2-3-13-25-17-10-6-5-9-16(17)18-19(25)21-20(23-22-18)26-15-14-24-11-7-4-8-12-24/h5-6,9-10H,2-4,7-8,11-15H2,1H3/p+1. The number of unbranched alkanes of at least 4 members (excludes halogenated alkanes) is 1. The third-order valence-electron chi connectivity index (χ3n) is 5.34. The van der Waals surface area contributed by atoms with Crippen LogP contribution in [0.4, 0.5) is 0 Å². The number of aryl methyl sites for hydroxylation is 1. The quantitative estimate of drug-likeness (QED) is 0.650. The fourth-order valence-electron chi connectivity index (χ4n) is 3.88. The fraction of sp³-hybridized carbons (Fsp3) is 0.550. The molecule has 5 nitrogen and oxygen atoms in total. The van der Waals surface area contributed by atoms with Gasteiger partial charge in [0.1, 0.15) is 5.52 Å². The molecular weight excluding hydrogens is 342 g/mol. The molecule has 0 aliphatic carbocycles. The molecule has 3 heterocycles. The number of benzene rings is 1. The Morgan fingerprint density at radius 1 is 1.12 bits per heavy atom. The molecule has 0 atom stereocenters. The Morgan fingerprint density at radius 2 is 1.96 bits per heavy atom. The van der Waals surface area contributed by atoms with E-state index in [-0.39, 0.29) is 0 Å². The molecule has 0 amide bonds. The van der Waals surface area contributed by atoms with Crippen molar-refractivity contribution in [2.24, 2.45) is 0 Å². The number of fused-ring (bicyclic) bond motifs is 3. The third-order valence-corrected chi connectivity index (χ3v) is 6.18. The van der Waals surface area contributed by atoms with Crippen molar-refractivity contribution in [2.75, 3.05) is 25.4 Å². The Bertz CT molecular complexity index is 869. The second-order valence-electron chi connectivity index (χ2n) is 7.20. The van der Waals surface area contributed by atoms with Gasteiger partial charge in [-0.3, -0.25) is 0 Å². The van der Waals surface area contributed by atoms with Gasteiger partial charge in [0.2, 0.25) is 5.16 Å². The van der Waals surface area contributed by atoms with Crippen molar-refractivity contribution in [2.45, 2.75) is 50.7 Å². The summed E-state index contributed by atoms with van der Waals surface area (Å²) >= 11 is 1.75. The van der Waals surface area contributed by atoms with Crippen LogP contribution in [-0.4, -0.2) is 45.1 Å². The average molecular weight is 371 g/mol. The van der Waals surface area contributed by atoms with Crippen molar-refractivity contribution in [1.29, 1.82) is 0 Å². The minimum absolute atomic E-state index is 0.814. The summed E-state index contributed by atoms with van der Waals surface area (Å²) < 4.78 is 2.32.